The Hall–Kier alpha value is -2.12. The van der Waals surface area contributed by atoms with Gasteiger partial charge in [-0.25, -0.2) is 4.79 Å². The largest absolute Gasteiger partial charge is 0.370 e. The fourth-order valence-corrected chi connectivity index (χ4v) is 2.50. The van der Waals surface area contributed by atoms with Crippen LogP contribution in [0.4, 0.5) is 10.5 Å². The van der Waals surface area contributed by atoms with Crippen molar-refractivity contribution in [1.82, 2.24) is 19.7 Å². The van der Waals surface area contributed by atoms with Crippen molar-refractivity contribution in [3.8, 4) is 0 Å². The van der Waals surface area contributed by atoms with E-state index >= 15 is 0 Å². The lowest BCUT2D eigenvalue weighted by molar-refractivity contribution is -0.0135. The molecule has 0 spiro atoms. The summed E-state index contributed by atoms with van der Waals surface area (Å²) in [5.74, 6) is 0. The van der Waals surface area contributed by atoms with Crippen LogP contribution in [0.5, 0.6) is 0 Å². The molecule has 2 aromatic rings. The number of urea groups is 1. The van der Waals surface area contributed by atoms with Crippen LogP contribution in [0.15, 0.2) is 30.9 Å². The van der Waals surface area contributed by atoms with Gasteiger partial charge >= 0.3 is 6.03 Å². The maximum Gasteiger partial charge on any atom is 0.322 e. The van der Waals surface area contributed by atoms with Gasteiger partial charge in [0.2, 0.25) is 0 Å². The quantitative estimate of drug-likeness (QED) is 0.919. The Morgan fingerprint density at radius 3 is 3.05 bits per heavy atom. The minimum absolute atomic E-state index is 0.161. The molecule has 0 aliphatic carbocycles. The lowest BCUT2D eigenvalue weighted by Crippen LogP contribution is -2.44. The number of carbonyl (C=O) groups excluding carboxylic acids is 1. The van der Waals surface area contributed by atoms with E-state index in [4.69, 9.17) is 16.3 Å². The second-order valence-corrected chi connectivity index (χ2v) is 5.51. The third-order valence-corrected chi connectivity index (χ3v) is 3.61. The predicted molar refractivity (Wildman–Crippen MR) is 81.7 cm³/mol. The molecule has 0 aromatic carbocycles. The monoisotopic (exact) mass is 321 g/mol. The van der Waals surface area contributed by atoms with E-state index < -0.39 is 0 Å². The van der Waals surface area contributed by atoms with Crippen molar-refractivity contribution in [2.45, 2.75) is 6.10 Å². The van der Waals surface area contributed by atoms with Crippen molar-refractivity contribution in [1.29, 1.82) is 0 Å². The number of nitrogens with one attached hydrogen (secondary N) is 1. The maximum absolute atomic E-state index is 12.3. The zero-order valence-electron chi connectivity index (χ0n) is 12.1. The highest BCUT2D eigenvalue weighted by Crippen LogP contribution is 2.22. The van der Waals surface area contributed by atoms with Crippen LogP contribution in [0, 0.1) is 0 Å². The molecular formula is C14H16ClN5O2. The average Bonchev–Trinajstić information content (AvgIpc) is 2.94. The molecule has 7 nitrogen and oxygen atoms in total. The molecule has 1 saturated heterocycles. The molecule has 0 saturated carbocycles. The van der Waals surface area contributed by atoms with E-state index in [2.05, 4.69) is 15.4 Å². The van der Waals surface area contributed by atoms with Crippen LogP contribution in [0.3, 0.4) is 0 Å². The number of morpholine rings is 1. The fourth-order valence-electron chi connectivity index (χ4n) is 2.32. The number of carbonyl (C=O) groups is 1. The molecule has 3 heterocycles. The van der Waals surface area contributed by atoms with Gasteiger partial charge in [-0.2, -0.15) is 5.10 Å². The fraction of sp³-hybridized carbons (Fsp3) is 0.357. The summed E-state index contributed by atoms with van der Waals surface area (Å²) in [6.45, 7) is 1.50. The van der Waals surface area contributed by atoms with Gasteiger partial charge in [-0.15, -0.1) is 0 Å². The van der Waals surface area contributed by atoms with Crippen LogP contribution in [-0.4, -0.2) is 45.4 Å². The first-order valence-corrected chi connectivity index (χ1v) is 7.26. The summed E-state index contributed by atoms with van der Waals surface area (Å²) in [6.07, 6.45) is 6.57. The molecule has 1 atom stereocenters. The summed E-state index contributed by atoms with van der Waals surface area (Å²) in [5, 5.41) is 7.41. The zero-order chi connectivity index (χ0) is 15.5. The first-order valence-electron chi connectivity index (χ1n) is 6.88. The Kier molecular flexibility index (Phi) is 4.26. The summed E-state index contributed by atoms with van der Waals surface area (Å²) in [6, 6.07) is 1.46. The lowest BCUT2D eigenvalue weighted by atomic mass is 10.1. The molecule has 1 aliphatic rings. The summed E-state index contributed by atoms with van der Waals surface area (Å²) in [7, 11) is 1.85. The van der Waals surface area contributed by atoms with Gasteiger partial charge in [0, 0.05) is 31.5 Å². The van der Waals surface area contributed by atoms with Crippen molar-refractivity contribution in [3.63, 3.8) is 0 Å². The van der Waals surface area contributed by atoms with Crippen LogP contribution in [-0.2, 0) is 11.8 Å². The van der Waals surface area contributed by atoms with Crippen molar-refractivity contribution in [2.24, 2.45) is 7.05 Å². The normalized spacial score (nSPS) is 18.3. The van der Waals surface area contributed by atoms with Crippen LogP contribution in [0.2, 0.25) is 5.02 Å². The van der Waals surface area contributed by atoms with Gasteiger partial charge in [-0.05, 0) is 6.07 Å². The van der Waals surface area contributed by atoms with Crippen molar-refractivity contribution >= 4 is 23.3 Å². The van der Waals surface area contributed by atoms with E-state index in [-0.39, 0.29) is 12.1 Å². The number of hydrogen-bond acceptors (Lipinski definition) is 4. The topological polar surface area (TPSA) is 72.3 Å². The second kappa shape index (κ2) is 6.33. The van der Waals surface area contributed by atoms with Gasteiger partial charge in [0.15, 0.2) is 0 Å². The van der Waals surface area contributed by atoms with Crippen molar-refractivity contribution < 1.29 is 9.53 Å². The number of hydrogen-bond donors (Lipinski definition) is 1. The number of amides is 2. The number of anilines is 1. The van der Waals surface area contributed by atoms with Crippen LogP contribution < -0.4 is 5.32 Å². The summed E-state index contributed by atoms with van der Waals surface area (Å²) >= 11 is 5.86. The number of halogens is 1. The van der Waals surface area contributed by atoms with E-state index in [0.29, 0.717) is 30.4 Å². The number of aromatic nitrogens is 3. The molecule has 0 radical (unpaired) electrons. The first kappa shape index (κ1) is 14.8. The van der Waals surface area contributed by atoms with Gasteiger partial charge in [0.05, 0.1) is 36.3 Å². The van der Waals surface area contributed by atoms with Gasteiger partial charge < -0.3 is 15.0 Å². The predicted octanol–water partition coefficient (Wildman–Crippen LogP) is 2.07. The maximum atomic E-state index is 12.3. The first-order chi connectivity index (χ1) is 10.6. The Balaban J connectivity index is 1.65. The molecule has 8 heteroatoms. The second-order valence-electron chi connectivity index (χ2n) is 5.07. The van der Waals surface area contributed by atoms with Gasteiger partial charge in [-0.1, -0.05) is 11.6 Å². The highest BCUT2D eigenvalue weighted by Gasteiger charge is 2.26. The molecule has 1 fully saturated rings. The van der Waals surface area contributed by atoms with Crippen LogP contribution in [0.1, 0.15) is 11.7 Å². The highest BCUT2D eigenvalue weighted by molar-refractivity contribution is 6.30. The number of ether oxygens (including phenoxy) is 1. The minimum atomic E-state index is -0.193. The average molecular weight is 322 g/mol. The minimum Gasteiger partial charge on any atom is -0.370 e. The van der Waals surface area contributed by atoms with Gasteiger partial charge in [0.25, 0.3) is 0 Å². The molecule has 2 aromatic heterocycles. The van der Waals surface area contributed by atoms with Crippen LogP contribution >= 0.6 is 11.6 Å². The lowest BCUT2D eigenvalue weighted by Gasteiger charge is -2.32. The number of aryl methyl sites for hydroxylation is 1. The van der Waals surface area contributed by atoms with Gasteiger partial charge in [0.1, 0.15) is 6.10 Å². The molecule has 2 amide bonds. The Morgan fingerprint density at radius 1 is 1.45 bits per heavy atom. The third kappa shape index (κ3) is 3.37. The smallest absolute Gasteiger partial charge is 0.322 e. The molecular weight excluding hydrogens is 306 g/mol. The molecule has 116 valence electrons. The molecule has 1 aliphatic heterocycles. The Bertz CT molecular complexity index is 675. The summed E-state index contributed by atoms with van der Waals surface area (Å²) in [4.78, 5) is 18.0. The van der Waals surface area contributed by atoms with Crippen LogP contribution in [0.25, 0.3) is 0 Å². The van der Waals surface area contributed by atoms with Gasteiger partial charge in [-0.3, -0.25) is 9.67 Å². The summed E-state index contributed by atoms with van der Waals surface area (Å²) < 4.78 is 7.44. The Morgan fingerprint density at radius 2 is 2.32 bits per heavy atom. The summed E-state index contributed by atoms with van der Waals surface area (Å²) in [5.41, 5.74) is 1.53. The molecule has 3 rings (SSSR count). The number of rotatable bonds is 2. The third-order valence-electron chi connectivity index (χ3n) is 3.41. The van der Waals surface area contributed by atoms with Crippen molar-refractivity contribution in [3.05, 3.63) is 41.4 Å². The molecule has 1 N–H and O–H groups in total. The van der Waals surface area contributed by atoms with Crippen molar-refractivity contribution in [2.75, 3.05) is 25.0 Å². The van der Waals surface area contributed by atoms with E-state index in [1.165, 1.54) is 6.20 Å². The Labute approximate surface area is 132 Å². The number of nitrogens with zero attached hydrogens (tertiary/aromatic N) is 4. The molecule has 0 bridgehead atoms. The van der Waals surface area contributed by atoms with E-state index in [0.717, 1.165) is 5.56 Å². The molecule has 1 unspecified atom stereocenters. The highest BCUT2D eigenvalue weighted by atomic mass is 35.5. The molecule has 22 heavy (non-hydrogen) atoms. The standard InChI is InChI=1S/C14H16ClN5O2/c1-19-8-10(5-17-19)13-9-20(2-3-22-13)14(21)18-12-4-11(15)6-16-7-12/h4-8,13H,2-3,9H2,1H3,(H,18,21). The van der Waals surface area contributed by atoms with E-state index in [9.17, 15) is 4.79 Å². The van der Waals surface area contributed by atoms with E-state index in [1.54, 1.807) is 28.0 Å². The zero-order valence-corrected chi connectivity index (χ0v) is 12.8. The van der Waals surface area contributed by atoms with E-state index in [1.807, 2.05) is 13.2 Å². The SMILES string of the molecule is Cn1cc(C2CN(C(=O)Nc3cncc(Cl)c3)CCO2)cn1. The number of pyridine rings is 1.